The summed E-state index contributed by atoms with van der Waals surface area (Å²) >= 11 is 0. The highest BCUT2D eigenvalue weighted by atomic mass is 16.5. The van der Waals surface area contributed by atoms with Crippen LogP contribution in [0, 0.1) is 23.2 Å². The van der Waals surface area contributed by atoms with E-state index < -0.39 is 0 Å². The maximum atomic E-state index is 6.73. The first kappa shape index (κ1) is 12.6. The summed E-state index contributed by atoms with van der Waals surface area (Å²) in [7, 11) is 1.72. The van der Waals surface area contributed by atoms with Crippen LogP contribution >= 0.6 is 0 Å². The number of nitrogens with zero attached hydrogens (tertiary/aromatic N) is 1. The minimum Gasteiger partial charge on any atom is -0.495 e. The first-order valence-electron chi connectivity index (χ1n) is 7.95. The molecular weight excluding hydrogens is 248 g/mol. The van der Waals surface area contributed by atoms with Crippen molar-refractivity contribution in [2.75, 3.05) is 7.11 Å². The predicted octanol–water partition coefficient (Wildman–Crippen LogP) is 3.31. The molecule has 1 aromatic heterocycles. The third kappa shape index (κ3) is 1.79. The van der Waals surface area contributed by atoms with Gasteiger partial charge in [-0.25, -0.2) is 0 Å². The number of pyridine rings is 1. The fraction of sp³-hybridized carbons (Fsp3) is 0.706. The van der Waals surface area contributed by atoms with E-state index in [0.29, 0.717) is 0 Å². The number of methoxy groups -OCH3 is 1. The van der Waals surface area contributed by atoms with Crippen LogP contribution in [0.25, 0.3) is 0 Å². The number of rotatable bonds is 3. The Morgan fingerprint density at radius 2 is 1.80 bits per heavy atom. The smallest absolute Gasteiger partial charge is 0.141 e. The Morgan fingerprint density at radius 1 is 1.20 bits per heavy atom. The Balaban J connectivity index is 1.69. The number of hydrogen-bond donors (Lipinski definition) is 1. The van der Waals surface area contributed by atoms with Crippen LogP contribution in [0.4, 0.5) is 0 Å². The Kier molecular flexibility index (Phi) is 2.81. The molecule has 0 aliphatic heterocycles. The van der Waals surface area contributed by atoms with Crippen molar-refractivity contribution in [1.82, 2.24) is 4.98 Å². The van der Waals surface area contributed by atoms with Gasteiger partial charge in [-0.1, -0.05) is 0 Å². The largest absolute Gasteiger partial charge is 0.495 e. The van der Waals surface area contributed by atoms with Gasteiger partial charge in [0.05, 0.1) is 18.8 Å². The van der Waals surface area contributed by atoms with Crippen LogP contribution in [-0.4, -0.2) is 12.1 Å². The quantitative estimate of drug-likeness (QED) is 0.918. The van der Waals surface area contributed by atoms with Crippen LogP contribution in [0.2, 0.25) is 0 Å². The van der Waals surface area contributed by atoms with E-state index in [4.69, 9.17) is 10.5 Å². The minimum atomic E-state index is 0.0343. The van der Waals surface area contributed by atoms with Crippen LogP contribution in [0.5, 0.6) is 5.75 Å². The Labute approximate surface area is 120 Å². The van der Waals surface area contributed by atoms with Crippen molar-refractivity contribution in [2.45, 2.75) is 44.6 Å². The standard InChI is InChI=1S/C17H24N2O/c1-20-14-3-2-4-19-15(14)16(18)17-8-11-5-12(9-17)7-13(6-11)10-17/h2-4,11-13,16H,5-10,18H2,1H3. The lowest BCUT2D eigenvalue weighted by atomic mass is 9.47. The van der Waals surface area contributed by atoms with Crippen molar-refractivity contribution < 1.29 is 4.74 Å². The van der Waals surface area contributed by atoms with E-state index >= 15 is 0 Å². The Bertz CT molecular complexity index is 478. The van der Waals surface area contributed by atoms with Crippen molar-refractivity contribution in [3.63, 3.8) is 0 Å². The topological polar surface area (TPSA) is 48.1 Å². The molecule has 5 rings (SSSR count). The molecule has 3 nitrogen and oxygen atoms in total. The summed E-state index contributed by atoms with van der Waals surface area (Å²) < 4.78 is 5.49. The van der Waals surface area contributed by atoms with Gasteiger partial charge in [0.15, 0.2) is 0 Å². The molecule has 2 N–H and O–H groups in total. The molecule has 4 fully saturated rings. The third-order valence-electron chi connectivity index (χ3n) is 6.06. The second-order valence-electron chi connectivity index (χ2n) is 7.35. The zero-order chi connectivity index (χ0) is 13.7. The summed E-state index contributed by atoms with van der Waals surface area (Å²) in [4.78, 5) is 4.56. The number of ether oxygens (including phenoxy) is 1. The maximum Gasteiger partial charge on any atom is 0.141 e. The van der Waals surface area contributed by atoms with Crippen molar-refractivity contribution in [2.24, 2.45) is 28.9 Å². The number of hydrogen-bond acceptors (Lipinski definition) is 3. The van der Waals surface area contributed by atoms with Crippen molar-refractivity contribution in [3.05, 3.63) is 24.0 Å². The molecule has 0 saturated heterocycles. The van der Waals surface area contributed by atoms with Crippen molar-refractivity contribution >= 4 is 0 Å². The first-order valence-corrected chi connectivity index (χ1v) is 7.95. The summed E-state index contributed by atoms with van der Waals surface area (Å²) in [6.45, 7) is 0. The molecule has 1 unspecified atom stereocenters. The van der Waals surface area contributed by atoms with Gasteiger partial charge in [0.1, 0.15) is 5.75 Å². The fourth-order valence-corrected chi connectivity index (χ4v) is 5.66. The van der Waals surface area contributed by atoms with E-state index in [9.17, 15) is 0 Å². The minimum absolute atomic E-state index is 0.0343. The van der Waals surface area contributed by atoms with E-state index in [-0.39, 0.29) is 11.5 Å². The fourth-order valence-electron chi connectivity index (χ4n) is 5.66. The highest BCUT2D eigenvalue weighted by Crippen LogP contribution is 2.63. The van der Waals surface area contributed by atoms with Crippen LogP contribution in [0.1, 0.15) is 50.3 Å². The van der Waals surface area contributed by atoms with Gasteiger partial charge in [-0.3, -0.25) is 4.98 Å². The van der Waals surface area contributed by atoms with Crippen LogP contribution < -0.4 is 10.5 Å². The van der Waals surface area contributed by atoms with Gasteiger partial charge in [0.2, 0.25) is 0 Å². The van der Waals surface area contributed by atoms with Gasteiger partial charge >= 0.3 is 0 Å². The van der Waals surface area contributed by atoms with Crippen LogP contribution in [-0.2, 0) is 0 Å². The first-order chi connectivity index (χ1) is 9.70. The lowest BCUT2D eigenvalue weighted by Crippen LogP contribution is -2.51. The Hall–Kier alpha value is -1.09. The third-order valence-corrected chi connectivity index (χ3v) is 6.06. The summed E-state index contributed by atoms with van der Waals surface area (Å²) in [5, 5.41) is 0. The normalized spacial score (nSPS) is 39.8. The zero-order valence-corrected chi connectivity index (χ0v) is 12.2. The molecule has 1 heterocycles. The highest BCUT2D eigenvalue weighted by molar-refractivity contribution is 5.31. The molecule has 4 saturated carbocycles. The van der Waals surface area contributed by atoms with Crippen LogP contribution in [0.3, 0.4) is 0 Å². The maximum absolute atomic E-state index is 6.73. The molecule has 0 radical (unpaired) electrons. The molecule has 3 heteroatoms. The van der Waals surface area contributed by atoms with Crippen LogP contribution in [0.15, 0.2) is 18.3 Å². The van der Waals surface area contributed by atoms with E-state index in [0.717, 1.165) is 29.2 Å². The van der Waals surface area contributed by atoms with Crippen molar-refractivity contribution in [1.29, 1.82) is 0 Å². The van der Waals surface area contributed by atoms with Gasteiger partial charge < -0.3 is 10.5 Å². The lowest BCUT2D eigenvalue weighted by Gasteiger charge is -2.58. The molecule has 0 amide bonds. The molecule has 1 aromatic rings. The predicted molar refractivity (Wildman–Crippen MR) is 78.3 cm³/mol. The summed E-state index contributed by atoms with van der Waals surface area (Å²) in [5.41, 5.74) is 7.99. The van der Waals surface area contributed by atoms with E-state index in [2.05, 4.69) is 4.98 Å². The summed E-state index contributed by atoms with van der Waals surface area (Å²) in [6.07, 6.45) is 10.1. The molecule has 1 atom stereocenters. The Morgan fingerprint density at radius 3 is 2.35 bits per heavy atom. The molecule has 0 aromatic carbocycles. The second kappa shape index (κ2) is 4.45. The average Bonchev–Trinajstić information content (AvgIpc) is 2.45. The number of nitrogens with two attached hydrogens (primary N) is 1. The highest BCUT2D eigenvalue weighted by Gasteiger charge is 2.54. The van der Waals surface area contributed by atoms with Gasteiger partial charge in [0.25, 0.3) is 0 Å². The van der Waals surface area contributed by atoms with Gasteiger partial charge in [-0.2, -0.15) is 0 Å². The molecule has 4 bridgehead atoms. The molecule has 0 spiro atoms. The number of aromatic nitrogens is 1. The van der Waals surface area contributed by atoms with Gasteiger partial charge in [-0.15, -0.1) is 0 Å². The van der Waals surface area contributed by atoms with E-state index in [1.807, 2.05) is 18.3 Å². The van der Waals surface area contributed by atoms with Gasteiger partial charge in [0, 0.05) is 6.20 Å². The average molecular weight is 272 g/mol. The molecule has 4 aliphatic rings. The summed E-state index contributed by atoms with van der Waals surface area (Å²) in [5.74, 6) is 3.61. The molecule has 108 valence electrons. The SMILES string of the molecule is COc1cccnc1C(N)C12CC3CC(CC(C3)C1)C2. The zero-order valence-electron chi connectivity index (χ0n) is 12.2. The summed E-state index contributed by atoms with van der Waals surface area (Å²) in [6, 6.07) is 3.95. The molecule has 20 heavy (non-hydrogen) atoms. The van der Waals surface area contributed by atoms with Gasteiger partial charge in [-0.05, 0) is 73.8 Å². The molecular formula is C17H24N2O. The van der Waals surface area contributed by atoms with E-state index in [1.165, 1.54) is 38.5 Å². The lowest BCUT2D eigenvalue weighted by molar-refractivity contribution is -0.0687. The monoisotopic (exact) mass is 272 g/mol. The van der Waals surface area contributed by atoms with Crippen molar-refractivity contribution in [3.8, 4) is 5.75 Å². The second-order valence-corrected chi connectivity index (χ2v) is 7.35. The van der Waals surface area contributed by atoms with E-state index in [1.54, 1.807) is 7.11 Å². The molecule has 4 aliphatic carbocycles.